The van der Waals surface area contributed by atoms with Crippen molar-refractivity contribution >= 4 is 10.0 Å². The highest BCUT2D eigenvalue weighted by Gasteiger charge is 2.26. The Morgan fingerprint density at radius 1 is 1.25 bits per heavy atom. The number of hydrogen-bond acceptors (Lipinski definition) is 4. The number of rotatable bonds is 5. The summed E-state index contributed by atoms with van der Waals surface area (Å²) in [5.41, 5.74) is 5.58. The summed E-state index contributed by atoms with van der Waals surface area (Å²) in [5.74, 6) is 0. The highest BCUT2D eigenvalue weighted by atomic mass is 32.2. The Morgan fingerprint density at radius 3 is 2.19 bits per heavy atom. The fourth-order valence-electron chi connectivity index (χ4n) is 2.24. The van der Waals surface area contributed by atoms with Gasteiger partial charge in [-0.25, -0.2) is 8.42 Å². The molecule has 96 valence electrons. The molecule has 1 aliphatic rings. The second-order valence-corrected chi connectivity index (χ2v) is 6.32. The second-order valence-electron chi connectivity index (χ2n) is 4.34. The van der Waals surface area contributed by atoms with E-state index in [1.54, 1.807) is 4.31 Å². The molecule has 1 fully saturated rings. The van der Waals surface area contributed by atoms with Gasteiger partial charge in [-0.3, -0.25) is 4.90 Å². The van der Waals surface area contributed by atoms with Gasteiger partial charge in [0.2, 0.25) is 10.0 Å². The SMILES string of the molecule is CCC(CCN)N1CCN(S(C)(=O)=O)CC1. The van der Waals surface area contributed by atoms with Crippen molar-refractivity contribution in [3.63, 3.8) is 0 Å². The lowest BCUT2D eigenvalue weighted by Crippen LogP contribution is -2.51. The van der Waals surface area contributed by atoms with Crippen molar-refractivity contribution < 1.29 is 8.42 Å². The molecule has 0 aromatic heterocycles. The molecular weight excluding hydrogens is 226 g/mol. The van der Waals surface area contributed by atoms with Crippen LogP contribution in [0.25, 0.3) is 0 Å². The average Bonchev–Trinajstić information content (AvgIpc) is 2.25. The third-order valence-electron chi connectivity index (χ3n) is 3.23. The molecule has 1 unspecified atom stereocenters. The minimum atomic E-state index is -3.01. The van der Waals surface area contributed by atoms with Gasteiger partial charge in [0.05, 0.1) is 6.26 Å². The van der Waals surface area contributed by atoms with Crippen LogP contribution in [-0.4, -0.2) is 62.6 Å². The Kier molecular flexibility index (Phi) is 5.17. The number of nitrogens with zero attached hydrogens (tertiary/aromatic N) is 2. The number of nitrogens with two attached hydrogens (primary N) is 1. The topological polar surface area (TPSA) is 66.6 Å². The van der Waals surface area contributed by atoms with E-state index in [1.165, 1.54) is 6.26 Å². The molecule has 1 heterocycles. The summed E-state index contributed by atoms with van der Waals surface area (Å²) < 4.78 is 24.2. The van der Waals surface area contributed by atoms with E-state index in [0.717, 1.165) is 25.9 Å². The predicted molar refractivity (Wildman–Crippen MR) is 65.7 cm³/mol. The van der Waals surface area contributed by atoms with Gasteiger partial charge < -0.3 is 5.73 Å². The van der Waals surface area contributed by atoms with E-state index >= 15 is 0 Å². The Bertz CT molecular complexity index is 297. The van der Waals surface area contributed by atoms with Crippen molar-refractivity contribution in [2.24, 2.45) is 5.73 Å². The van der Waals surface area contributed by atoms with E-state index in [2.05, 4.69) is 11.8 Å². The first-order valence-electron chi connectivity index (χ1n) is 5.88. The van der Waals surface area contributed by atoms with Gasteiger partial charge in [-0.15, -0.1) is 0 Å². The lowest BCUT2D eigenvalue weighted by molar-refractivity contribution is 0.129. The smallest absolute Gasteiger partial charge is 0.211 e. The molecule has 0 bridgehead atoms. The third-order valence-corrected chi connectivity index (χ3v) is 4.53. The average molecular weight is 249 g/mol. The molecule has 16 heavy (non-hydrogen) atoms. The number of sulfonamides is 1. The molecule has 1 aliphatic heterocycles. The molecule has 1 atom stereocenters. The minimum Gasteiger partial charge on any atom is -0.330 e. The highest BCUT2D eigenvalue weighted by molar-refractivity contribution is 7.88. The maximum Gasteiger partial charge on any atom is 0.211 e. The Balaban J connectivity index is 2.47. The van der Waals surface area contributed by atoms with Crippen LogP contribution in [-0.2, 0) is 10.0 Å². The molecule has 1 saturated heterocycles. The normalized spacial score (nSPS) is 22.2. The van der Waals surface area contributed by atoms with Gasteiger partial charge >= 0.3 is 0 Å². The van der Waals surface area contributed by atoms with E-state index in [0.29, 0.717) is 25.7 Å². The molecular formula is C10H23N3O2S. The lowest BCUT2D eigenvalue weighted by atomic mass is 10.1. The van der Waals surface area contributed by atoms with Crippen LogP contribution < -0.4 is 5.73 Å². The van der Waals surface area contributed by atoms with Crippen molar-refractivity contribution in [1.82, 2.24) is 9.21 Å². The van der Waals surface area contributed by atoms with Crippen LogP contribution in [0.15, 0.2) is 0 Å². The molecule has 0 amide bonds. The summed E-state index contributed by atoms with van der Waals surface area (Å²) in [6.45, 7) is 5.73. The van der Waals surface area contributed by atoms with E-state index in [1.807, 2.05) is 0 Å². The maximum atomic E-state index is 11.3. The third kappa shape index (κ3) is 3.69. The summed E-state index contributed by atoms with van der Waals surface area (Å²) in [5, 5.41) is 0. The summed E-state index contributed by atoms with van der Waals surface area (Å²) in [6, 6.07) is 0.506. The van der Waals surface area contributed by atoms with Crippen molar-refractivity contribution in [2.75, 3.05) is 39.0 Å². The van der Waals surface area contributed by atoms with Gasteiger partial charge in [-0.1, -0.05) is 6.92 Å². The first-order valence-corrected chi connectivity index (χ1v) is 7.73. The summed E-state index contributed by atoms with van der Waals surface area (Å²) in [4.78, 5) is 2.36. The Hall–Kier alpha value is -0.170. The highest BCUT2D eigenvalue weighted by Crippen LogP contribution is 2.13. The quantitative estimate of drug-likeness (QED) is 0.726. The first kappa shape index (κ1) is 13.9. The van der Waals surface area contributed by atoms with Crippen LogP contribution >= 0.6 is 0 Å². The summed E-state index contributed by atoms with van der Waals surface area (Å²) in [7, 11) is -3.01. The van der Waals surface area contributed by atoms with Crippen molar-refractivity contribution in [2.45, 2.75) is 25.8 Å². The molecule has 0 spiro atoms. The maximum absolute atomic E-state index is 11.3. The molecule has 0 saturated carbocycles. The standard InChI is InChI=1S/C10H23N3O2S/c1-3-10(4-5-11)12-6-8-13(9-7-12)16(2,14)15/h10H,3-9,11H2,1-2H3. The Labute approximate surface area is 98.6 Å². The van der Waals surface area contributed by atoms with E-state index in [-0.39, 0.29) is 0 Å². The van der Waals surface area contributed by atoms with Crippen LogP contribution in [0.5, 0.6) is 0 Å². The summed E-state index contributed by atoms with van der Waals surface area (Å²) >= 11 is 0. The molecule has 0 aromatic rings. The van der Waals surface area contributed by atoms with E-state index < -0.39 is 10.0 Å². The van der Waals surface area contributed by atoms with E-state index in [9.17, 15) is 8.42 Å². The largest absolute Gasteiger partial charge is 0.330 e. The molecule has 0 radical (unpaired) electrons. The molecule has 1 rings (SSSR count). The van der Waals surface area contributed by atoms with Crippen LogP contribution in [0.3, 0.4) is 0 Å². The van der Waals surface area contributed by atoms with Crippen LogP contribution in [0.4, 0.5) is 0 Å². The van der Waals surface area contributed by atoms with Crippen molar-refractivity contribution in [3.05, 3.63) is 0 Å². The van der Waals surface area contributed by atoms with Gasteiger partial charge in [-0.2, -0.15) is 4.31 Å². The molecule has 2 N–H and O–H groups in total. The van der Waals surface area contributed by atoms with Crippen LogP contribution in [0.2, 0.25) is 0 Å². The zero-order valence-corrected chi connectivity index (χ0v) is 11.0. The molecule has 0 aromatic carbocycles. The molecule has 5 nitrogen and oxygen atoms in total. The zero-order valence-electron chi connectivity index (χ0n) is 10.2. The minimum absolute atomic E-state index is 0.506. The monoisotopic (exact) mass is 249 g/mol. The van der Waals surface area contributed by atoms with Crippen LogP contribution in [0, 0.1) is 0 Å². The fraction of sp³-hybridized carbons (Fsp3) is 1.00. The van der Waals surface area contributed by atoms with Crippen molar-refractivity contribution in [1.29, 1.82) is 0 Å². The zero-order chi connectivity index (χ0) is 12.2. The lowest BCUT2D eigenvalue weighted by Gasteiger charge is -2.38. The molecule has 0 aliphatic carbocycles. The van der Waals surface area contributed by atoms with Gasteiger partial charge in [0.15, 0.2) is 0 Å². The first-order chi connectivity index (χ1) is 7.49. The number of hydrogen-bond donors (Lipinski definition) is 1. The van der Waals surface area contributed by atoms with Crippen LogP contribution in [0.1, 0.15) is 19.8 Å². The van der Waals surface area contributed by atoms with Gasteiger partial charge in [0, 0.05) is 32.2 Å². The van der Waals surface area contributed by atoms with Crippen molar-refractivity contribution in [3.8, 4) is 0 Å². The second kappa shape index (κ2) is 5.95. The van der Waals surface area contributed by atoms with Gasteiger partial charge in [-0.05, 0) is 19.4 Å². The summed E-state index contributed by atoms with van der Waals surface area (Å²) in [6.07, 6.45) is 3.35. The molecule has 6 heteroatoms. The van der Waals surface area contributed by atoms with E-state index in [4.69, 9.17) is 5.73 Å². The Morgan fingerprint density at radius 2 is 1.81 bits per heavy atom. The predicted octanol–water partition coefficient (Wildman–Crippen LogP) is -0.309. The van der Waals surface area contributed by atoms with Gasteiger partial charge in [0.1, 0.15) is 0 Å². The fourth-order valence-corrected chi connectivity index (χ4v) is 3.06. The van der Waals surface area contributed by atoms with Gasteiger partial charge in [0.25, 0.3) is 0 Å². The number of piperazine rings is 1.